The number of hydrogen-bond donors (Lipinski definition) is 0. The average molecular weight is 371 g/mol. The molecule has 26 heavy (non-hydrogen) atoms. The number of unbranched alkanes of at least 4 members (excludes halogenated alkanes) is 1. The first kappa shape index (κ1) is 25.0. The number of carbonyl (C=O) groups excluding carboxylic acids is 1. The molecular formula is C22H42O4. The van der Waals surface area contributed by atoms with E-state index in [1.165, 1.54) is 6.26 Å². The summed E-state index contributed by atoms with van der Waals surface area (Å²) in [5.74, 6) is -0.159. The summed E-state index contributed by atoms with van der Waals surface area (Å²) >= 11 is 0. The lowest BCUT2D eigenvalue weighted by Crippen LogP contribution is -2.46. The third-order valence-corrected chi connectivity index (χ3v) is 6.02. The Labute approximate surface area is 161 Å². The second-order valence-corrected chi connectivity index (χ2v) is 8.85. The molecule has 0 aromatic heterocycles. The minimum absolute atomic E-state index is 0.0788. The van der Waals surface area contributed by atoms with Crippen LogP contribution >= 0.6 is 0 Å². The average Bonchev–Trinajstić information content (AvgIpc) is 2.57. The molecule has 2 unspecified atom stereocenters. The zero-order chi connectivity index (χ0) is 20.4. The molecule has 0 spiro atoms. The van der Waals surface area contributed by atoms with Gasteiger partial charge in [0.2, 0.25) is 0 Å². The van der Waals surface area contributed by atoms with E-state index in [1.54, 1.807) is 6.92 Å². The maximum atomic E-state index is 13.1. The topological polar surface area (TPSA) is 44.8 Å². The summed E-state index contributed by atoms with van der Waals surface area (Å²) in [4.78, 5) is 13.1. The van der Waals surface area contributed by atoms with Crippen LogP contribution in [0.2, 0.25) is 0 Å². The van der Waals surface area contributed by atoms with Crippen LogP contribution < -0.4 is 0 Å². The molecule has 4 nitrogen and oxygen atoms in total. The Morgan fingerprint density at radius 1 is 1.04 bits per heavy atom. The highest BCUT2D eigenvalue weighted by Gasteiger charge is 2.50. The lowest BCUT2D eigenvalue weighted by molar-refractivity contribution is -0.195. The largest absolute Gasteiger partial charge is 0.502 e. The number of esters is 1. The molecule has 2 atom stereocenters. The van der Waals surface area contributed by atoms with Crippen molar-refractivity contribution < 1.29 is 19.0 Å². The fourth-order valence-corrected chi connectivity index (χ4v) is 2.99. The zero-order valence-corrected chi connectivity index (χ0v) is 18.4. The van der Waals surface area contributed by atoms with Gasteiger partial charge in [0.1, 0.15) is 0 Å². The summed E-state index contributed by atoms with van der Waals surface area (Å²) in [6, 6.07) is 0. The normalized spacial score (nSPS) is 15.8. The zero-order valence-electron chi connectivity index (χ0n) is 18.4. The predicted octanol–water partition coefficient (Wildman–Crippen LogP) is 6.10. The van der Waals surface area contributed by atoms with E-state index < -0.39 is 11.7 Å². The number of ether oxygens (including phenoxy) is 3. The molecule has 0 radical (unpaired) electrons. The van der Waals surface area contributed by atoms with Crippen LogP contribution in [0.15, 0.2) is 12.8 Å². The number of hydrogen-bond acceptors (Lipinski definition) is 4. The van der Waals surface area contributed by atoms with E-state index in [0.717, 1.165) is 32.1 Å². The van der Waals surface area contributed by atoms with E-state index in [9.17, 15) is 4.79 Å². The molecule has 0 saturated carbocycles. The van der Waals surface area contributed by atoms with Gasteiger partial charge in [0.05, 0.1) is 24.9 Å². The first-order chi connectivity index (χ1) is 12.0. The molecule has 0 heterocycles. The van der Waals surface area contributed by atoms with Crippen LogP contribution in [0.1, 0.15) is 87.5 Å². The standard InChI is InChI=1S/C22H42O4/c1-10-20(5,6)17-22(9,21(7,8)11-2)19(23)26-18(4)25-16-14-13-15-24-12-3/h12,18H,3,10-11,13-17H2,1-2,4-9H3. The van der Waals surface area contributed by atoms with E-state index in [1.807, 2.05) is 0 Å². The Bertz CT molecular complexity index is 428. The summed E-state index contributed by atoms with van der Waals surface area (Å²) in [5, 5.41) is 0. The first-order valence-corrected chi connectivity index (χ1v) is 10.0. The molecule has 154 valence electrons. The molecule has 0 N–H and O–H groups in total. The van der Waals surface area contributed by atoms with Crippen molar-refractivity contribution in [1.82, 2.24) is 0 Å². The minimum Gasteiger partial charge on any atom is -0.502 e. The van der Waals surface area contributed by atoms with Crippen LogP contribution in [0.4, 0.5) is 0 Å². The van der Waals surface area contributed by atoms with Crippen molar-refractivity contribution >= 4 is 5.97 Å². The Morgan fingerprint density at radius 2 is 1.62 bits per heavy atom. The smallest absolute Gasteiger partial charge is 0.314 e. The van der Waals surface area contributed by atoms with Gasteiger partial charge in [-0.05, 0) is 50.4 Å². The third kappa shape index (κ3) is 7.69. The van der Waals surface area contributed by atoms with Crippen molar-refractivity contribution in [2.45, 2.75) is 93.8 Å². The van der Waals surface area contributed by atoms with E-state index in [4.69, 9.17) is 14.2 Å². The monoisotopic (exact) mass is 370 g/mol. The molecule has 0 aliphatic carbocycles. The van der Waals surface area contributed by atoms with Crippen LogP contribution in [0.5, 0.6) is 0 Å². The summed E-state index contributed by atoms with van der Waals surface area (Å²) in [7, 11) is 0. The molecule has 0 aromatic carbocycles. The van der Waals surface area contributed by atoms with Gasteiger partial charge >= 0.3 is 5.97 Å². The van der Waals surface area contributed by atoms with Gasteiger partial charge in [-0.1, -0.05) is 54.5 Å². The van der Waals surface area contributed by atoms with Crippen LogP contribution in [0.3, 0.4) is 0 Å². The van der Waals surface area contributed by atoms with Gasteiger partial charge in [-0.3, -0.25) is 4.79 Å². The highest BCUT2D eigenvalue weighted by molar-refractivity contribution is 5.77. The van der Waals surface area contributed by atoms with Crippen molar-refractivity contribution in [2.75, 3.05) is 13.2 Å². The molecule has 0 fully saturated rings. The maximum absolute atomic E-state index is 13.1. The summed E-state index contributed by atoms with van der Waals surface area (Å²) in [5.41, 5.74) is -0.635. The highest BCUT2D eigenvalue weighted by Crippen LogP contribution is 2.50. The lowest BCUT2D eigenvalue weighted by Gasteiger charge is -2.46. The molecule has 0 saturated heterocycles. The van der Waals surface area contributed by atoms with Crippen LogP contribution in [0.25, 0.3) is 0 Å². The molecule has 0 aliphatic rings. The molecule has 0 rings (SSSR count). The quantitative estimate of drug-likeness (QED) is 0.160. The second-order valence-electron chi connectivity index (χ2n) is 8.85. The van der Waals surface area contributed by atoms with Crippen molar-refractivity contribution in [2.24, 2.45) is 16.2 Å². The lowest BCUT2D eigenvalue weighted by atomic mass is 9.58. The maximum Gasteiger partial charge on any atom is 0.314 e. The van der Waals surface area contributed by atoms with E-state index in [0.29, 0.717) is 13.2 Å². The molecule has 4 heteroatoms. The van der Waals surface area contributed by atoms with Crippen LogP contribution in [0, 0.1) is 16.2 Å². The Hall–Kier alpha value is -1.03. The van der Waals surface area contributed by atoms with E-state index in [2.05, 4.69) is 55.0 Å². The van der Waals surface area contributed by atoms with Gasteiger partial charge < -0.3 is 14.2 Å². The second kappa shape index (κ2) is 11.0. The fraction of sp³-hybridized carbons (Fsp3) is 0.864. The van der Waals surface area contributed by atoms with Crippen molar-refractivity contribution in [1.29, 1.82) is 0 Å². The number of carbonyl (C=O) groups is 1. The highest BCUT2D eigenvalue weighted by atomic mass is 16.7. The van der Waals surface area contributed by atoms with E-state index in [-0.39, 0.29) is 16.8 Å². The summed E-state index contributed by atoms with van der Waals surface area (Å²) in [6.07, 6.45) is 5.38. The van der Waals surface area contributed by atoms with Gasteiger partial charge in [-0.25, -0.2) is 0 Å². The van der Waals surface area contributed by atoms with Crippen molar-refractivity contribution in [3.05, 3.63) is 12.8 Å². The first-order valence-electron chi connectivity index (χ1n) is 10.0. The molecule has 0 amide bonds. The fourth-order valence-electron chi connectivity index (χ4n) is 2.99. The SMILES string of the molecule is C=COCCCCOC(C)OC(=O)C(C)(CC(C)(C)CC)C(C)(C)CC. The molecule has 0 bridgehead atoms. The Balaban J connectivity index is 4.85. The van der Waals surface area contributed by atoms with Gasteiger partial charge in [0.15, 0.2) is 6.29 Å². The Morgan fingerprint density at radius 3 is 2.12 bits per heavy atom. The van der Waals surface area contributed by atoms with Crippen LogP contribution in [-0.2, 0) is 19.0 Å². The Kier molecular flexibility index (Phi) is 10.5. The number of rotatable bonds is 14. The van der Waals surface area contributed by atoms with Gasteiger partial charge in [-0.2, -0.15) is 0 Å². The van der Waals surface area contributed by atoms with Crippen molar-refractivity contribution in [3.8, 4) is 0 Å². The molecule has 0 aromatic rings. The summed E-state index contributed by atoms with van der Waals surface area (Å²) < 4.78 is 16.5. The van der Waals surface area contributed by atoms with Crippen molar-refractivity contribution in [3.63, 3.8) is 0 Å². The predicted molar refractivity (Wildman–Crippen MR) is 108 cm³/mol. The van der Waals surface area contributed by atoms with Gasteiger partial charge in [0.25, 0.3) is 0 Å². The molecular weight excluding hydrogens is 328 g/mol. The van der Waals surface area contributed by atoms with Gasteiger partial charge in [-0.15, -0.1) is 0 Å². The summed E-state index contributed by atoms with van der Waals surface area (Å²) in [6.45, 7) is 21.6. The van der Waals surface area contributed by atoms with Gasteiger partial charge in [0, 0.05) is 0 Å². The minimum atomic E-state index is -0.559. The van der Waals surface area contributed by atoms with Crippen LogP contribution in [-0.4, -0.2) is 25.5 Å². The molecule has 0 aliphatic heterocycles. The third-order valence-electron chi connectivity index (χ3n) is 6.02. The van der Waals surface area contributed by atoms with E-state index >= 15 is 0 Å².